The molecular formula is C14H22. The molecule has 0 heteroatoms. The van der Waals surface area contributed by atoms with Crippen molar-refractivity contribution in [3.8, 4) is 0 Å². The number of hydrogen-bond acceptors (Lipinski definition) is 0. The van der Waals surface area contributed by atoms with Crippen LogP contribution >= 0.6 is 0 Å². The van der Waals surface area contributed by atoms with Gasteiger partial charge in [0.05, 0.1) is 0 Å². The zero-order chi connectivity index (χ0) is 10.4. The molecule has 0 nitrogen and oxygen atoms in total. The van der Waals surface area contributed by atoms with Gasteiger partial charge in [-0.25, -0.2) is 0 Å². The van der Waals surface area contributed by atoms with Crippen molar-refractivity contribution in [2.24, 2.45) is 22.7 Å². The van der Waals surface area contributed by atoms with Crippen molar-refractivity contribution in [2.75, 3.05) is 0 Å². The summed E-state index contributed by atoms with van der Waals surface area (Å²) in [6, 6.07) is 0. The van der Waals surface area contributed by atoms with Gasteiger partial charge in [-0.05, 0) is 36.5 Å². The second-order valence-corrected chi connectivity index (χ2v) is 6.07. The van der Waals surface area contributed by atoms with Crippen LogP contribution in [0.4, 0.5) is 0 Å². The van der Waals surface area contributed by atoms with Crippen LogP contribution in [0, 0.1) is 22.7 Å². The molecule has 0 spiro atoms. The van der Waals surface area contributed by atoms with Crippen molar-refractivity contribution < 1.29 is 0 Å². The summed E-state index contributed by atoms with van der Waals surface area (Å²) in [5.74, 6) is 1.77. The Labute approximate surface area is 88.1 Å². The first kappa shape index (κ1) is 10.0. The van der Waals surface area contributed by atoms with Gasteiger partial charge in [0.15, 0.2) is 0 Å². The Morgan fingerprint density at radius 3 is 2.64 bits per heavy atom. The van der Waals surface area contributed by atoms with Gasteiger partial charge in [-0.2, -0.15) is 0 Å². The molecule has 78 valence electrons. The van der Waals surface area contributed by atoms with E-state index in [-0.39, 0.29) is 5.41 Å². The van der Waals surface area contributed by atoms with Gasteiger partial charge in [0.2, 0.25) is 0 Å². The molecule has 2 aliphatic rings. The molecule has 0 heterocycles. The molecule has 1 saturated carbocycles. The van der Waals surface area contributed by atoms with Crippen molar-refractivity contribution in [1.29, 1.82) is 0 Å². The lowest BCUT2D eigenvalue weighted by Crippen LogP contribution is -2.42. The molecule has 3 atom stereocenters. The van der Waals surface area contributed by atoms with E-state index in [4.69, 9.17) is 0 Å². The standard InChI is InChI=1S/C14H22/c1-5-14(4)8-6-11-10-13(2,3)12(11)7-9-14/h5-6,8,11-12H,1,7,9-10H2,2-4H3. The van der Waals surface area contributed by atoms with E-state index in [1.165, 1.54) is 19.3 Å². The highest BCUT2D eigenvalue weighted by Gasteiger charge is 2.46. The van der Waals surface area contributed by atoms with Crippen molar-refractivity contribution in [3.05, 3.63) is 24.8 Å². The fourth-order valence-corrected chi connectivity index (χ4v) is 3.19. The third-order valence-corrected chi connectivity index (χ3v) is 4.47. The van der Waals surface area contributed by atoms with Crippen molar-refractivity contribution in [2.45, 2.75) is 40.0 Å². The molecule has 14 heavy (non-hydrogen) atoms. The van der Waals surface area contributed by atoms with Gasteiger partial charge in [-0.1, -0.05) is 39.0 Å². The zero-order valence-corrected chi connectivity index (χ0v) is 9.72. The minimum absolute atomic E-state index is 0.257. The van der Waals surface area contributed by atoms with E-state index in [1.54, 1.807) is 0 Å². The van der Waals surface area contributed by atoms with E-state index in [9.17, 15) is 0 Å². The summed E-state index contributed by atoms with van der Waals surface area (Å²) in [5.41, 5.74) is 0.842. The molecule has 0 aromatic rings. The van der Waals surface area contributed by atoms with E-state index < -0.39 is 0 Å². The van der Waals surface area contributed by atoms with Crippen LogP contribution in [0.25, 0.3) is 0 Å². The Morgan fingerprint density at radius 2 is 2.07 bits per heavy atom. The Kier molecular flexibility index (Phi) is 2.13. The highest BCUT2D eigenvalue weighted by Crippen LogP contribution is 2.56. The van der Waals surface area contributed by atoms with E-state index >= 15 is 0 Å². The van der Waals surface area contributed by atoms with Crippen LogP contribution in [0.1, 0.15) is 40.0 Å². The molecule has 3 unspecified atom stereocenters. The van der Waals surface area contributed by atoms with E-state index in [0.29, 0.717) is 5.41 Å². The monoisotopic (exact) mass is 190 g/mol. The summed E-state index contributed by atoms with van der Waals surface area (Å²) < 4.78 is 0. The Morgan fingerprint density at radius 1 is 1.36 bits per heavy atom. The maximum atomic E-state index is 3.95. The molecule has 1 fully saturated rings. The van der Waals surface area contributed by atoms with Crippen LogP contribution < -0.4 is 0 Å². The third kappa shape index (κ3) is 1.45. The van der Waals surface area contributed by atoms with E-state index in [1.807, 2.05) is 0 Å². The summed E-state index contributed by atoms with van der Waals surface area (Å²) >= 11 is 0. The number of allylic oxidation sites excluding steroid dienone is 3. The number of rotatable bonds is 1. The lowest BCUT2D eigenvalue weighted by Gasteiger charge is -2.50. The smallest absolute Gasteiger partial charge is 0.00302 e. The summed E-state index contributed by atoms with van der Waals surface area (Å²) in [5, 5.41) is 0. The van der Waals surface area contributed by atoms with Crippen LogP contribution in [0.5, 0.6) is 0 Å². The van der Waals surface area contributed by atoms with Gasteiger partial charge in [0.25, 0.3) is 0 Å². The molecule has 0 aromatic carbocycles. The van der Waals surface area contributed by atoms with Gasteiger partial charge in [-0.3, -0.25) is 0 Å². The molecule has 0 amide bonds. The minimum Gasteiger partial charge on any atom is -0.102 e. The minimum atomic E-state index is 0.257. The van der Waals surface area contributed by atoms with E-state index in [2.05, 4.69) is 45.6 Å². The lowest BCUT2D eigenvalue weighted by atomic mass is 9.54. The molecule has 2 aliphatic carbocycles. The second kappa shape index (κ2) is 2.98. The van der Waals surface area contributed by atoms with Crippen LogP contribution in [-0.2, 0) is 0 Å². The summed E-state index contributed by atoms with van der Waals surface area (Å²) in [6.07, 6.45) is 11.0. The van der Waals surface area contributed by atoms with Crippen LogP contribution in [-0.4, -0.2) is 0 Å². The van der Waals surface area contributed by atoms with Crippen molar-refractivity contribution in [1.82, 2.24) is 0 Å². The van der Waals surface area contributed by atoms with E-state index in [0.717, 1.165) is 11.8 Å². The Hall–Kier alpha value is -0.520. The van der Waals surface area contributed by atoms with Gasteiger partial charge in [0, 0.05) is 5.41 Å². The van der Waals surface area contributed by atoms with Crippen LogP contribution in [0.15, 0.2) is 24.8 Å². The topological polar surface area (TPSA) is 0 Å². The Bertz CT molecular complexity index is 272. The van der Waals surface area contributed by atoms with Gasteiger partial charge in [0.1, 0.15) is 0 Å². The molecule has 0 N–H and O–H groups in total. The largest absolute Gasteiger partial charge is 0.102 e. The average molecular weight is 190 g/mol. The van der Waals surface area contributed by atoms with Gasteiger partial charge >= 0.3 is 0 Å². The van der Waals surface area contributed by atoms with Crippen molar-refractivity contribution >= 4 is 0 Å². The number of hydrogen-bond donors (Lipinski definition) is 0. The zero-order valence-electron chi connectivity index (χ0n) is 9.72. The predicted octanol–water partition coefficient (Wildman–Crippen LogP) is 4.19. The third-order valence-electron chi connectivity index (χ3n) is 4.47. The first-order valence-corrected chi connectivity index (χ1v) is 5.80. The van der Waals surface area contributed by atoms with Crippen LogP contribution in [0.3, 0.4) is 0 Å². The highest BCUT2D eigenvalue weighted by molar-refractivity contribution is 5.16. The highest BCUT2D eigenvalue weighted by atomic mass is 14.5. The average Bonchev–Trinajstić information content (AvgIpc) is 2.25. The molecule has 0 bridgehead atoms. The molecule has 0 saturated heterocycles. The normalized spacial score (nSPS) is 44.8. The number of fused-ring (bicyclic) bond motifs is 1. The van der Waals surface area contributed by atoms with Crippen LogP contribution in [0.2, 0.25) is 0 Å². The molecule has 0 radical (unpaired) electrons. The first-order chi connectivity index (χ1) is 6.47. The molecule has 0 aliphatic heterocycles. The fourth-order valence-electron chi connectivity index (χ4n) is 3.19. The Balaban J connectivity index is 2.15. The summed E-state index contributed by atoms with van der Waals surface area (Å²) in [7, 11) is 0. The predicted molar refractivity (Wildman–Crippen MR) is 62.1 cm³/mol. The van der Waals surface area contributed by atoms with Crippen molar-refractivity contribution in [3.63, 3.8) is 0 Å². The van der Waals surface area contributed by atoms with Gasteiger partial charge in [-0.15, -0.1) is 6.58 Å². The van der Waals surface area contributed by atoms with Gasteiger partial charge < -0.3 is 0 Å². The maximum Gasteiger partial charge on any atom is 0.00302 e. The summed E-state index contributed by atoms with van der Waals surface area (Å²) in [4.78, 5) is 0. The quantitative estimate of drug-likeness (QED) is 0.544. The molecule has 2 rings (SSSR count). The maximum absolute atomic E-state index is 3.95. The first-order valence-electron chi connectivity index (χ1n) is 5.80. The second-order valence-electron chi connectivity index (χ2n) is 6.07. The molecular weight excluding hydrogens is 168 g/mol. The fraction of sp³-hybridized carbons (Fsp3) is 0.714. The molecule has 0 aromatic heterocycles. The summed E-state index contributed by atoms with van der Waals surface area (Å²) in [6.45, 7) is 11.1. The SMILES string of the molecule is C=CC1(C)C=CC2CC(C)(C)C2CC1. The lowest BCUT2D eigenvalue weighted by molar-refractivity contribution is 0.0104.